The number of nitrogens with two attached hydrogens (primary N) is 1. The van der Waals surface area contributed by atoms with Crippen molar-refractivity contribution < 1.29 is 0 Å². The average molecular weight is 346 g/mol. The van der Waals surface area contributed by atoms with Crippen molar-refractivity contribution in [1.29, 1.82) is 0 Å². The van der Waals surface area contributed by atoms with Gasteiger partial charge in [0.1, 0.15) is 5.52 Å². The first-order chi connectivity index (χ1) is 11.8. The van der Waals surface area contributed by atoms with Crippen LogP contribution in [-0.2, 0) is 20.6 Å². The van der Waals surface area contributed by atoms with E-state index in [0.29, 0.717) is 24.6 Å². The van der Waals surface area contributed by atoms with E-state index in [1.54, 1.807) is 14.1 Å². The molecule has 1 saturated heterocycles. The molecule has 0 radical (unpaired) electrons. The first-order valence-electron chi connectivity index (χ1n) is 8.61. The standard InChI is InChI=1S/C17H26N6O2/c1-11(2)7-9-23-14-13(15(24)20(3)21(4)16(14)25)19-17(23)22-8-5-6-12(18)10-22/h7,12H,5-6,8-10,18H2,1-4H3/t12-/m1/s1. The fraction of sp³-hybridized carbons (Fsp3) is 0.588. The van der Waals surface area contributed by atoms with Crippen LogP contribution >= 0.6 is 0 Å². The highest BCUT2D eigenvalue weighted by Gasteiger charge is 2.25. The molecular weight excluding hydrogens is 320 g/mol. The van der Waals surface area contributed by atoms with Gasteiger partial charge in [-0.2, -0.15) is 0 Å². The minimum atomic E-state index is -0.268. The maximum atomic E-state index is 12.8. The third kappa shape index (κ3) is 3.02. The number of aromatic nitrogens is 4. The van der Waals surface area contributed by atoms with Crippen LogP contribution in [-0.4, -0.2) is 38.0 Å². The summed E-state index contributed by atoms with van der Waals surface area (Å²) in [6.07, 6.45) is 3.99. The number of rotatable bonds is 3. The van der Waals surface area contributed by atoms with Crippen LogP contribution in [0.2, 0.25) is 0 Å². The second-order valence-electron chi connectivity index (χ2n) is 7.01. The molecular formula is C17H26N6O2. The van der Waals surface area contributed by atoms with E-state index in [2.05, 4.69) is 9.88 Å². The third-order valence-electron chi connectivity index (χ3n) is 4.81. The number of hydrogen-bond acceptors (Lipinski definition) is 5. The fourth-order valence-electron chi connectivity index (χ4n) is 3.27. The van der Waals surface area contributed by atoms with Crippen LogP contribution in [0.4, 0.5) is 5.95 Å². The van der Waals surface area contributed by atoms with Crippen LogP contribution in [0.5, 0.6) is 0 Å². The van der Waals surface area contributed by atoms with Crippen molar-refractivity contribution in [2.45, 2.75) is 39.3 Å². The predicted molar refractivity (Wildman–Crippen MR) is 99.1 cm³/mol. The lowest BCUT2D eigenvalue weighted by Gasteiger charge is -2.31. The van der Waals surface area contributed by atoms with Gasteiger partial charge in [0.2, 0.25) is 5.95 Å². The van der Waals surface area contributed by atoms with Crippen molar-refractivity contribution in [3.63, 3.8) is 0 Å². The molecule has 0 bridgehead atoms. The summed E-state index contributed by atoms with van der Waals surface area (Å²) >= 11 is 0. The monoisotopic (exact) mass is 346 g/mol. The largest absolute Gasteiger partial charge is 0.341 e. The molecule has 0 aliphatic carbocycles. The molecule has 8 nitrogen and oxygen atoms in total. The van der Waals surface area contributed by atoms with Crippen molar-refractivity contribution in [3.8, 4) is 0 Å². The van der Waals surface area contributed by atoms with E-state index in [9.17, 15) is 9.59 Å². The summed E-state index contributed by atoms with van der Waals surface area (Å²) in [5.41, 5.74) is 7.35. The molecule has 2 aromatic heterocycles. The van der Waals surface area contributed by atoms with Gasteiger partial charge < -0.3 is 15.2 Å². The van der Waals surface area contributed by atoms with E-state index in [-0.39, 0.29) is 22.7 Å². The Morgan fingerprint density at radius 1 is 1.24 bits per heavy atom. The summed E-state index contributed by atoms with van der Waals surface area (Å²) in [7, 11) is 3.17. The van der Waals surface area contributed by atoms with Gasteiger partial charge in [-0.05, 0) is 26.7 Å². The van der Waals surface area contributed by atoms with Crippen molar-refractivity contribution in [3.05, 3.63) is 32.4 Å². The molecule has 1 atom stereocenters. The molecule has 8 heteroatoms. The molecule has 3 heterocycles. The molecule has 2 aromatic rings. The quantitative estimate of drug-likeness (QED) is 0.809. The molecule has 1 fully saturated rings. The summed E-state index contributed by atoms with van der Waals surface area (Å²) in [5, 5.41) is 0. The lowest BCUT2D eigenvalue weighted by atomic mass is 10.1. The number of piperidine rings is 1. The van der Waals surface area contributed by atoms with Crippen molar-refractivity contribution in [1.82, 2.24) is 18.9 Å². The zero-order valence-electron chi connectivity index (χ0n) is 15.3. The molecule has 136 valence electrons. The molecule has 1 aliphatic heterocycles. The Morgan fingerprint density at radius 3 is 2.56 bits per heavy atom. The number of anilines is 1. The topological polar surface area (TPSA) is 91.1 Å². The number of fused-ring (bicyclic) bond motifs is 1. The Balaban J connectivity index is 2.28. The Bertz CT molecular complexity index is 945. The van der Waals surface area contributed by atoms with Crippen LogP contribution in [0.15, 0.2) is 21.2 Å². The van der Waals surface area contributed by atoms with Crippen molar-refractivity contribution in [2.75, 3.05) is 18.0 Å². The zero-order chi connectivity index (χ0) is 18.3. The van der Waals surface area contributed by atoms with Gasteiger partial charge in [-0.3, -0.25) is 9.59 Å². The highest BCUT2D eigenvalue weighted by atomic mass is 16.2. The maximum Gasteiger partial charge on any atom is 0.293 e. The molecule has 0 unspecified atom stereocenters. The van der Waals surface area contributed by atoms with Gasteiger partial charge in [0.05, 0.1) is 0 Å². The Hall–Kier alpha value is -2.35. The molecule has 0 spiro atoms. The molecule has 25 heavy (non-hydrogen) atoms. The van der Waals surface area contributed by atoms with Crippen LogP contribution in [0.3, 0.4) is 0 Å². The van der Waals surface area contributed by atoms with Crippen LogP contribution < -0.4 is 21.8 Å². The van der Waals surface area contributed by atoms with Crippen LogP contribution in [0.1, 0.15) is 26.7 Å². The molecule has 0 amide bonds. The second kappa shape index (κ2) is 6.51. The Morgan fingerprint density at radius 2 is 1.92 bits per heavy atom. The number of imidazole rings is 1. The fourth-order valence-corrected chi connectivity index (χ4v) is 3.27. The van der Waals surface area contributed by atoms with E-state index < -0.39 is 0 Å². The molecule has 0 saturated carbocycles. The molecule has 2 N–H and O–H groups in total. The minimum Gasteiger partial charge on any atom is -0.341 e. The van der Waals surface area contributed by atoms with Crippen molar-refractivity contribution >= 4 is 17.0 Å². The highest BCUT2D eigenvalue weighted by molar-refractivity contribution is 5.77. The van der Waals surface area contributed by atoms with Crippen molar-refractivity contribution in [2.24, 2.45) is 19.8 Å². The van der Waals surface area contributed by atoms with Gasteiger partial charge in [0.15, 0.2) is 5.52 Å². The summed E-state index contributed by atoms with van der Waals surface area (Å²) in [4.78, 5) is 32.1. The minimum absolute atomic E-state index is 0.0798. The number of hydrogen-bond donors (Lipinski definition) is 1. The first-order valence-corrected chi connectivity index (χ1v) is 8.61. The molecule has 1 aliphatic rings. The van der Waals surface area contributed by atoms with Gasteiger partial charge in [0, 0.05) is 39.8 Å². The van der Waals surface area contributed by atoms with E-state index in [1.165, 1.54) is 9.36 Å². The van der Waals surface area contributed by atoms with Gasteiger partial charge in [-0.25, -0.2) is 14.3 Å². The Kier molecular flexibility index (Phi) is 4.55. The Labute approximate surface area is 146 Å². The number of nitrogens with zero attached hydrogens (tertiary/aromatic N) is 5. The molecule has 0 aromatic carbocycles. The van der Waals surface area contributed by atoms with Crippen LogP contribution in [0.25, 0.3) is 11.0 Å². The van der Waals surface area contributed by atoms with Gasteiger partial charge in [0.25, 0.3) is 11.1 Å². The maximum absolute atomic E-state index is 12.8. The zero-order valence-corrected chi connectivity index (χ0v) is 15.3. The first kappa shape index (κ1) is 17.5. The van der Waals surface area contributed by atoms with Crippen LogP contribution in [0, 0.1) is 0 Å². The van der Waals surface area contributed by atoms with E-state index in [0.717, 1.165) is 25.0 Å². The smallest absolute Gasteiger partial charge is 0.293 e. The number of allylic oxidation sites excluding steroid dienone is 2. The predicted octanol–water partition coefficient (Wildman–Crippen LogP) is 0.327. The van der Waals surface area contributed by atoms with Gasteiger partial charge >= 0.3 is 0 Å². The van der Waals surface area contributed by atoms with Gasteiger partial charge in [-0.1, -0.05) is 11.6 Å². The summed E-state index contributed by atoms with van der Waals surface area (Å²) in [6, 6.07) is 0.0798. The SMILES string of the molecule is CC(C)=CCn1c(N2CCC[C@@H](N)C2)nc2c(=O)n(C)n(C)c(=O)c21. The van der Waals surface area contributed by atoms with E-state index in [4.69, 9.17) is 5.73 Å². The lowest BCUT2D eigenvalue weighted by Crippen LogP contribution is -2.44. The van der Waals surface area contributed by atoms with Gasteiger partial charge in [-0.15, -0.1) is 0 Å². The van der Waals surface area contributed by atoms with E-state index in [1.807, 2.05) is 24.5 Å². The van der Waals surface area contributed by atoms with E-state index >= 15 is 0 Å². The molecule has 3 rings (SSSR count). The second-order valence-corrected chi connectivity index (χ2v) is 7.01. The normalized spacial score (nSPS) is 18.0. The highest BCUT2D eigenvalue weighted by Crippen LogP contribution is 2.22. The third-order valence-corrected chi connectivity index (χ3v) is 4.81. The summed E-state index contributed by atoms with van der Waals surface area (Å²) in [6.45, 7) is 6.02. The lowest BCUT2D eigenvalue weighted by molar-refractivity contribution is 0.495. The average Bonchev–Trinajstić information content (AvgIpc) is 2.96. The summed E-state index contributed by atoms with van der Waals surface area (Å²) < 4.78 is 4.48. The summed E-state index contributed by atoms with van der Waals surface area (Å²) in [5.74, 6) is 0.656.